The Labute approximate surface area is 142 Å². The molecule has 2 aromatic rings. The number of nitrogens with two attached hydrogens (primary N) is 1. The van der Waals surface area contributed by atoms with Gasteiger partial charge in [-0.2, -0.15) is 0 Å². The van der Waals surface area contributed by atoms with Gasteiger partial charge in [0.1, 0.15) is 0 Å². The third-order valence-electron chi connectivity index (χ3n) is 2.91. The van der Waals surface area contributed by atoms with Gasteiger partial charge in [0.15, 0.2) is 0 Å². The predicted molar refractivity (Wildman–Crippen MR) is 97.1 cm³/mol. The van der Waals surface area contributed by atoms with Crippen molar-refractivity contribution in [3.8, 4) is 0 Å². The molecule has 0 aliphatic carbocycles. The topological polar surface area (TPSA) is 41.6 Å². The van der Waals surface area contributed by atoms with Crippen LogP contribution in [0, 0.1) is 0 Å². The summed E-state index contributed by atoms with van der Waals surface area (Å²) in [4.78, 5) is 7.32. The normalized spacial score (nSPS) is 11.5. The van der Waals surface area contributed by atoms with Gasteiger partial charge in [-0.15, -0.1) is 11.8 Å². The van der Waals surface area contributed by atoms with E-state index in [9.17, 15) is 0 Å². The molecule has 0 fully saturated rings. The van der Waals surface area contributed by atoms with E-state index < -0.39 is 0 Å². The molecule has 0 radical (unpaired) electrons. The molecule has 0 heterocycles. The maximum absolute atomic E-state index is 6.25. The van der Waals surface area contributed by atoms with Crippen LogP contribution in [0.15, 0.2) is 56.8 Å². The number of anilines is 1. The summed E-state index contributed by atoms with van der Waals surface area (Å²) in [5.41, 5.74) is 7.70. The minimum Gasteiger partial charge on any atom is -0.369 e. The fourth-order valence-electron chi connectivity index (χ4n) is 1.75. The zero-order chi connectivity index (χ0) is 15.4. The first-order valence-corrected chi connectivity index (χ1v) is 8.58. The summed E-state index contributed by atoms with van der Waals surface area (Å²) >= 11 is 11.3. The number of halogens is 2. The van der Waals surface area contributed by atoms with Crippen molar-refractivity contribution in [2.75, 3.05) is 18.2 Å². The van der Waals surface area contributed by atoms with Gasteiger partial charge in [-0.25, -0.2) is 4.99 Å². The Morgan fingerprint density at radius 1 is 1.29 bits per heavy atom. The van der Waals surface area contributed by atoms with Crippen LogP contribution < -0.4 is 10.6 Å². The predicted octanol–water partition coefficient (Wildman–Crippen LogP) is 4.91. The highest BCUT2D eigenvalue weighted by atomic mass is 79.9. The van der Waals surface area contributed by atoms with Crippen molar-refractivity contribution in [1.29, 1.82) is 0 Å². The van der Waals surface area contributed by atoms with Crippen LogP contribution in [-0.2, 0) is 0 Å². The van der Waals surface area contributed by atoms with Gasteiger partial charge in [-0.3, -0.25) is 0 Å². The second-order valence-corrected chi connectivity index (χ2v) is 6.53. The third kappa shape index (κ3) is 4.15. The highest BCUT2D eigenvalue weighted by Gasteiger charge is 2.10. The van der Waals surface area contributed by atoms with Gasteiger partial charge in [0.2, 0.25) is 5.96 Å². The molecule has 21 heavy (non-hydrogen) atoms. The van der Waals surface area contributed by atoms with Gasteiger partial charge in [0, 0.05) is 16.4 Å². The van der Waals surface area contributed by atoms with E-state index in [0.717, 1.165) is 20.7 Å². The van der Waals surface area contributed by atoms with Crippen molar-refractivity contribution in [3.05, 3.63) is 52.0 Å². The van der Waals surface area contributed by atoms with Crippen LogP contribution in [0.1, 0.15) is 0 Å². The Kier molecular flexibility index (Phi) is 5.56. The van der Waals surface area contributed by atoms with Crippen molar-refractivity contribution >= 4 is 56.6 Å². The number of thioether (sulfide) groups is 1. The molecule has 0 bridgehead atoms. The fourth-order valence-corrected chi connectivity index (χ4v) is 2.82. The van der Waals surface area contributed by atoms with E-state index in [1.54, 1.807) is 16.7 Å². The Bertz CT molecular complexity index is 676. The van der Waals surface area contributed by atoms with Gasteiger partial charge in [-0.05, 0) is 42.7 Å². The number of nitrogens with zero attached hydrogens (tertiary/aromatic N) is 2. The van der Waals surface area contributed by atoms with E-state index in [-0.39, 0.29) is 0 Å². The summed E-state index contributed by atoms with van der Waals surface area (Å²) in [6.07, 6.45) is 2.02. The molecule has 6 heteroatoms. The number of hydrogen-bond acceptors (Lipinski definition) is 2. The molecule has 0 aromatic heterocycles. The van der Waals surface area contributed by atoms with Crippen LogP contribution in [0.3, 0.4) is 0 Å². The maximum Gasteiger partial charge on any atom is 0.200 e. The lowest BCUT2D eigenvalue weighted by atomic mass is 10.3. The maximum atomic E-state index is 6.25. The minimum atomic E-state index is 0.383. The van der Waals surface area contributed by atoms with Crippen LogP contribution in [0.25, 0.3) is 0 Å². The van der Waals surface area contributed by atoms with Crippen LogP contribution in [0.2, 0.25) is 5.02 Å². The number of benzene rings is 2. The summed E-state index contributed by atoms with van der Waals surface area (Å²) < 4.78 is 0.960. The van der Waals surface area contributed by atoms with E-state index in [4.69, 9.17) is 17.3 Å². The number of hydrogen-bond donors (Lipinski definition) is 1. The van der Waals surface area contributed by atoms with Crippen molar-refractivity contribution in [2.45, 2.75) is 4.90 Å². The molecule has 2 aromatic carbocycles. The molecule has 2 rings (SSSR count). The summed E-state index contributed by atoms with van der Waals surface area (Å²) in [6, 6.07) is 13.5. The van der Waals surface area contributed by atoms with Gasteiger partial charge < -0.3 is 10.6 Å². The molecule has 0 unspecified atom stereocenters. The molecule has 3 nitrogen and oxygen atoms in total. The zero-order valence-corrected chi connectivity index (χ0v) is 14.8. The largest absolute Gasteiger partial charge is 0.369 e. The molecule has 0 spiro atoms. The molecule has 0 saturated carbocycles. The molecule has 0 atom stereocenters. The highest BCUT2D eigenvalue weighted by molar-refractivity contribution is 9.10. The second kappa shape index (κ2) is 7.20. The first-order chi connectivity index (χ1) is 10.0. The monoisotopic (exact) mass is 383 g/mol. The van der Waals surface area contributed by atoms with Gasteiger partial charge in [0.05, 0.1) is 16.4 Å². The molecular weight excluding hydrogens is 370 g/mol. The highest BCUT2D eigenvalue weighted by Crippen LogP contribution is 2.30. The van der Waals surface area contributed by atoms with E-state index in [1.807, 2.05) is 55.8 Å². The summed E-state index contributed by atoms with van der Waals surface area (Å²) in [7, 11) is 1.85. The second-order valence-electron chi connectivity index (χ2n) is 4.33. The van der Waals surface area contributed by atoms with E-state index in [0.29, 0.717) is 11.0 Å². The molecule has 0 aliphatic heterocycles. The average molecular weight is 385 g/mol. The third-order valence-corrected chi connectivity index (χ3v) is 4.45. The van der Waals surface area contributed by atoms with Crippen LogP contribution in [-0.4, -0.2) is 19.3 Å². The fraction of sp³-hybridized carbons (Fsp3) is 0.133. The standard InChI is InChI=1S/C15H15BrClN3S/c1-20(14-9-12(21-2)6-7-13(14)17)15(18)19-11-5-3-4-10(16)8-11/h3-9H,1-2H3,(H2,18,19). The molecule has 0 saturated heterocycles. The van der Waals surface area contributed by atoms with Crippen LogP contribution in [0.4, 0.5) is 11.4 Å². The Morgan fingerprint density at radius 3 is 2.71 bits per heavy atom. The average Bonchev–Trinajstić information content (AvgIpc) is 2.47. The molecular formula is C15H15BrClN3S. The minimum absolute atomic E-state index is 0.383. The quantitative estimate of drug-likeness (QED) is 0.464. The first kappa shape index (κ1) is 16.2. The van der Waals surface area contributed by atoms with Crippen molar-refractivity contribution < 1.29 is 0 Å². The van der Waals surface area contributed by atoms with Crippen LogP contribution in [0.5, 0.6) is 0 Å². The van der Waals surface area contributed by atoms with Gasteiger partial charge >= 0.3 is 0 Å². The molecule has 0 amide bonds. The Morgan fingerprint density at radius 2 is 2.05 bits per heavy atom. The van der Waals surface area contributed by atoms with E-state index in [1.165, 1.54) is 0 Å². The number of guanidine groups is 1. The van der Waals surface area contributed by atoms with Crippen molar-refractivity contribution in [3.63, 3.8) is 0 Å². The lowest BCUT2D eigenvalue weighted by Gasteiger charge is -2.20. The van der Waals surface area contributed by atoms with Gasteiger partial charge in [-0.1, -0.05) is 33.6 Å². The number of aliphatic imine (C=N–C) groups is 1. The Hall–Kier alpha value is -1.17. The smallest absolute Gasteiger partial charge is 0.200 e. The Balaban J connectivity index is 2.32. The van der Waals surface area contributed by atoms with E-state index >= 15 is 0 Å². The SMILES string of the molecule is CSc1ccc(Cl)c(N(C)C(N)=Nc2cccc(Br)c2)c1. The summed E-state index contributed by atoms with van der Waals surface area (Å²) in [5.74, 6) is 0.383. The lowest BCUT2D eigenvalue weighted by molar-refractivity contribution is 1.20. The van der Waals surface area contributed by atoms with Crippen molar-refractivity contribution in [2.24, 2.45) is 10.7 Å². The number of rotatable bonds is 3. The first-order valence-electron chi connectivity index (χ1n) is 6.18. The molecule has 2 N–H and O–H groups in total. The molecule has 0 aliphatic rings. The van der Waals surface area contributed by atoms with Gasteiger partial charge in [0.25, 0.3) is 0 Å². The van der Waals surface area contributed by atoms with Crippen LogP contribution >= 0.6 is 39.3 Å². The molecule has 110 valence electrons. The van der Waals surface area contributed by atoms with Crippen molar-refractivity contribution in [1.82, 2.24) is 0 Å². The summed E-state index contributed by atoms with van der Waals surface area (Å²) in [5, 5.41) is 0.641. The van der Waals surface area contributed by atoms with E-state index in [2.05, 4.69) is 20.9 Å². The zero-order valence-electron chi connectivity index (χ0n) is 11.7. The lowest BCUT2D eigenvalue weighted by Crippen LogP contribution is -2.33. The summed E-state index contributed by atoms with van der Waals surface area (Å²) in [6.45, 7) is 0.